The van der Waals surface area contributed by atoms with E-state index >= 15 is 0 Å². The third-order valence-electron chi connectivity index (χ3n) is 3.26. The van der Waals surface area contributed by atoms with E-state index in [0.29, 0.717) is 30.9 Å². The molecular formula is C11H16N2O2. The molecule has 0 aromatic carbocycles. The second-order valence-electron chi connectivity index (χ2n) is 4.47. The van der Waals surface area contributed by atoms with Crippen LogP contribution in [0.25, 0.3) is 0 Å². The first kappa shape index (κ1) is 10.2. The first-order chi connectivity index (χ1) is 7.09. The standard InChI is InChI=1S/C11H16N2O2/c12-9-4-3-7(11(14)15)5-8(9)10(13)6-1-2-6/h6-7,13H,1-5,12H2,(H,14,15). The molecule has 1 saturated carbocycles. The normalized spacial score (nSPS) is 26.5. The van der Waals surface area contributed by atoms with Crippen molar-refractivity contribution in [3.63, 3.8) is 0 Å². The molecule has 1 fully saturated rings. The van der Waals surface area contributed by atoms with Gasteiger partial charge in [-0.15, -0.1) is 0 Å². The topological polar surface area (TPSA) is 87.2 Å². The van der Waals surface area contributed by atoms with Gasteiger partial charge in [-0.1, -0.05) is 0 Å². The maximum Gasteiger partial charge on any atom is 0.306 e. The third kappa shape index (κ3) is 2.03. The van der Waals surface area contributed by atoms with Crippen molar-refractivity contribution in [1.29, 1.82) is 5.41 Å². The molecule has 0 aromatic heterocycles. The minimum atomic E-state index is -0.761. The van der Waals surface area contributed by atoms with Crippen molar-refractivity contribution in [1.82, 2.24) is 0 Å². The molecule has 4 heteroatoms. The smallest absolute Gasteiger partial charge is 0.306 e. The van der Waals surface area contributed by atoms with E-state index in [4.69, 9.17) is 16.2 Å². The predicted molar refractivity (Wildman–Crippen MR) is 56.6 cm³/mol. The number of hydrogen-bond acceptors (Lipinski definition) is 3. The molecule has 0 bridgehead atoms. The van der Waals surface area contributed by atoms with Crippen molar-refractivity contribution in [2.45, 2.75) is 32.1 Å². The lowest BCUT2D eigenvalue weighted by Crippen LogP contribution is -2.25. The van der Waals surface area contributed by atoms with Crippen LogP contribution in [-0.4, -0.2) is 16.8 Å². The highest BCUT2D eigenvalue weighted by Gasteiger charge is 2.33. The Kier molecular flexibility index (Phi) is 2.50. The monoisotopic (exact) mass is 208 g/mol. The average Bonchev–Trinajstić information content (AvgIpc) is 3.00. The number of allylic oxidation sites excluding steroid dienone is 2. The molecule has 0 heterocycles. The van der Waals surface area contributed by atoms with Crippen molar-refractivity contribution >= 4 is 11.7 Å². The molecule has 0 aromatic rings. The van der Waals surface area contributed by atoms with Crippen LogP contribution in [-0.2, 0) is 4.79 Å². The molecule has 82 valence electrons. The summed E-state index contributed by atoms with van der Waals surface area (Å²) in [5, 5.41) is 16.9. The molecule has 4 nitrogen and oxygen atoms in total. The molecule has 1 unspecified atom stereocenters. The van der Waals surface area contributed by atoms with Crippen molar-refractivity contribution in [2.75, 3.05) is 0 Å². The maximum absolute atomic E-state index is 10.9. The summed E-state index contributed by atoms with van der Waals surface area (Å²) in [4.78, 5) is 10.9. The first-order valence-electron chi connectivity index (χ1n) is 5.38. The summed E-state index contributed by atoms with van der Waals surface area (Å²) in [6.07, 6.45) is 3.82. The minimum Gasteiger partial charge on any atom is -0.481 e. The summed E-state index contributed by atoms with van der Waals surface area (Å²) in [6, 6.07) is 0. The van der Waals surface area contributed by atoms with E-state index < -0.39 is 5.97 Å². The molecule has 0 amide bonds. The highest BCUT2D eigenvalue weighted by atomic mass is 16.4. The Balaban J connectivity index is 2.13. The van der Waals surface area contributed by atoms with Crippen molar-refractivity contribution in [2.24, 2.45) is 17.6 Å². The van der Waals surface area contributed by atoms with Gasteiger partial charge in [0.05, 0.1) is 5.92 Å². The fourth-order valence-corrected chi connectivity index (χ4v) is 2.07. The first-order valence-corrected chi connectivity index (χ1v) is 5.38. The van der Waals surface area contributed by atoms with Crippen LogP contribution in [0.3, 0.4) is 0 Å². The van der Waals surface area contributed by atoms with E-state index in [1.807, 2.05) is 0 Å². The van der Waals surface area contributed by atoms with E-state index in [0.717, 1.165) is 24.1 Å². The van der Waals surface area contributed by atoms with Crippen molar-refractivity contribution in [3.8, 4) is 0 Å². The second-order valence-corrected chi connectivity index (χ2v) is 4.47. The van der Waals surface area contributed by atoms with Crippen LogP contribution < -0.4 is 5.73 Å². The molecule has 0 spiro atoms. The number of rotatable bonds is 3. The molecule has 2 aliphatic rings. The van der Waals surface area contributed by atoms with E-state index in [-0.39, 0.29) is 5.92 Å². The van der Waals surface area contributed by atoms with Gasteiger partial charge in [-0.05, 0) is 37.7 Å². The van der Waals surface area contributed by atoms with Crippen LogP contribution in [0, 0.1) is 17.2 Å². The quantitative estimate of drug-likeness (QED) is 0.614. The molecule has 15 heavy (non-hydrogen) atoms. The number of carboxylic acid groups (broad SMARTS) is 1. The summed E-state index contributed by atoms with van der Waals surface area (Å²) in [5.41, 5.74) is 8.01. The van der Waals surface area contributed by atoms with Gasteiger partial charge in [0.25, 0.3) is 0 Å². The van der Waals surface area contributed by atoms with Crippen molar-refractivity contribution in [3.05, 3.63) is 11.3 Å². The van der Waals surface area contributed by atoms with Gasteiger partial charge in [-0.2, -0.15) is 0 Å². The Bertz CT molecular complexity index is 342. The Morgan fingerprint density at radius 1 is 1.33 bits per heavy atom. The van der Waals surface area contributed by atoms with Gasteiger partial charge in [0.2, 0.25) is 0 Å². The van der Waals surface area contributed by atoms with Gasteiger partial charge in [-0.25, -0.2) is 0 Å². The van der Waals surface area contributed by atoms with Gasteiger partial charge in [0.1, 0.15) is 0 Å². The molecular weight excluding hydrogens is 192 g/mol. The van der Waals surface area contributed by atoms with Gasteiger partial charge >= 0.3 is 5.97 Å². The summed E-state index contributed by atoms with van der Waals surface area (Å²) in [6.45, 7) is 0. The molecule has 1 atom stereocenters. The van der Waals surface area contributed by atoms with Crippen LogP contribution in [0.15, 0.2) is 11.3 Å². The minimum absolute atomic E-state index is 0.341. The number of nitrogens with two attached hydrogens (primary N) is 1. The van der Waals surface area contributed by atoms with Crippen LogP contribution in [0.5, 0.6) is 0 Å². The summed E-state index contributed by atoms with van der Waals surface area (Å²) >= 11 is 0. The Morgan fingerprint density at radius 3 is 2.53 bits per heavy atom. The Hall–Kier alpha value is -1.32. The highest BCUT2D eigenvalue weighted by molar-refractivity contribution is 6.02. The number of hydrogen-bond donors (Lipinski definition) is 3. The fraction of sp³-hybridized carbons (Fsp3) is 0.636. The lowest BCUT2D eigenvalue weighted by Gasteiger charge is -2.23. The molecule has 2 rings (SSSR count). The maximum atomic E-state index is 10.9. The summed E-state index contributed by atoms with van der Waals surface area (Å²) < 4.78 is 0. The van der Waals surface area contributed by atoms with Crippen LogP contribution in [0.1, 0.15) is 32.1 Å². The highest BCUT2D eigenvalue weighted by Crippen LogP contribution is 2.37. The van der Waals surface area contributed by atoms with Crippen LogP contribution in [0.2, 0.25) is 0 Å². The molecule has 4 N–H and O–H groups in total. The molecule has 0 aliphatic heterocycles. The summed E-state index contributed by atoms with van der Waals surface area (Å²) in [5.74, 6) is -0.749. The van der Waals surface area contributed by atoms with Gasteiger partial charge < -0.3 is 16.2 Å². The zero-order valence-electron chi connectivity index (χ0n) is 8.62. The number of carboxylic acids is 1. The van der Waals surface area contributed by atoms with E-state index in [9.17, 15) is 4.79 Å². The molecule has 0 saturated heterocycles. The third-order valence-corrected chi connectivity index (χ3v) is 3.26. The number of nitrogens with one attached hydrogen (secondary N) is 1. The largest absolute Gasteiger partial charge is 0.481 e. The fourth-order valence-electron chi connectivity index (χ4n) is 2.07. The Morgan fingerprint density at radius 2 is 2.00 bits per heavy atom. The number of carbonyl (C=O) groups is 1. The number of aliphatic carboxylic acids is 1. The second kappa shape index (κ2) is 3.68. The van der Waals surface area contributed by atoms with Crippen LogP contribution >= 0.6 is 0 Å². The van der Waals surface area contributed by atoms with E-state index in [2.05, 4.69) is 0 Å². The van der Waals surface area contributed by atoms with E-state index in [1.165, 1.54) is 0 Å². The SMILES string of the molecule is N=C(C1=C(N)CCC(C(=O)O)C1)C1CC1. The molecule has 2 aliphatic carbocycles. The van der Waals surface area contributed by atoms with Gasteiger partial charge in [0.15, 0.2) is 0 Å². The summed E-state index contributed by atoms with van der Waals surface area (Å²) in [7, 11) is 0. The van der Waals surface area contributed by atoms with Crippen LogP contribution in [0.4, 0.5) is 0 Å². The van der Waals surface area contributed by atoms with E-state index in [1.54, 1.807) is 0 Å². The van der Waals surface area contributed by atoms with Gasteiger partial charge in [-0.3, -0.25) is 4.79 Å². The van der Waals surface area contributed by atoms with Crippen molar-refractivity contribution < 1.29 is 9.90 Å². The molecule has 0 radical (unpaired) electrons. The van der Waals surface area contributed by atoms with Gasteiger partial charge in [0, 0.05) is 17.3 Å². The lowest BCUT2D eigenvalue weighted by atomic mass is 9.84. The zero-order valence-corrected chi connectivity index (χ0v) is 8.62. The zero-order chi connectivity index (χ0) is 11.0. The average molecular weight is 208 g/mol. The lowest BCUT2D eigenvalue weighted by molar-refractivity contribution is -0.142. The predicted octanol–water partition coefficient (Wildman–Crippen LogP) is 1.51. The Labute approximate surface area is 88.7 Å².